The number of primary amides is 1. The minimum absolute atomic E-state index is 0.204. The number of amides is 1. The van der Waals surface area contributed by atoms with E-state index < -0.39 is 0 Å². The van der Waals surface area contributed by atoms with Crippen LogP contribution in [0.4, 0.5) is 0 Å². The second-order valence-corrected chi connectivity index (χ2v) is 3.50. The minimum Gasteiger partial charge on any atom is -0.491 e. The SMILES string of the molecule is Cc1ccc(OCCC(N)=O)c(CCN)n1. The first-order chi connectivity index (χ1) is 7.63. The summed E-state index contributed by atoms with van der Waals surface area (Å²) in [6.45, 7) is 2.70. The number of hydrogen-bond acceptors (Lipinski definition) is 4. The van der Waals surface area contributed by atoms with Crippen LogP contribution in [0.5, 0.6) is 5.75 Å². The van der Waals surface area contributed by atoms with E-state index in [4.69, 9.17) is 16.2 Å². The molecule has 0 atom stereocenters. The van der Waals surface area contributed by atoms with Gasteiger partial charge in [0.15, 0.2) is 0 Å². The van der Waals surface area contributed by atoms with Gasteiger partial charge in [0, 0.05) is 12.1 Å². The maximum atomic E-state index is 10.6. The van der Waals surface area contributed by atoms with Gasteiger partial charge >= 0.3 is 0 Å². The second kappa shape index (κ2) is 6.07. The molecule has 1 amide bonds. The van der Waals surface area contributed by atoms with E-state index in [1.807, 2.05) is 19.1 Å². The van der Waals surface area contributed by atoms with E-state index >= 15 is 0 Å². The van der Waals surface area contributed by atoms with E-state index in [1.165, 1.54) is 0 Å². The van der Waals surface area contributed by atoms with Crippen molar-refractivity contribution in [3.8, 4) is 5.75 Å². The Labute approximate surface area is 94.8 Å². The molecule has 1 rings (SSSR count). The summed E-state index contributed by atoms with van der Waals surface area (Å²) in [7, 11) is 0. The van der Waals surface area contributed by atoms with Crippen molar-refractivity contribution in [1.29, 1.82) is 0 Å². The summed E-state index contributed by atoms with van der Waals surface area (Å²) in [6.07, 6.45) is 0.865. The van der Waals surface area contributed by atoms with Crippen LogP contribution >= 0.6 is 0 Å². The molecule has 5 nitrogen and oxygen atoms in total. The van der Waals surface area contributed by atoms with Gasteiger partial charge in [-0.2, -0.15) is 0 Å². The number of nitrogens with zero attached hydrogens (tertiary/aromatic N) is 1. The molecule has 88 valence electrons. The molecule has 0 spiro atoms. The van der Waals surface area contributed by atoms with Gasteiger partial charge < -0.3 is 16.2 Å². The number of rotatable bonds is 6. The quantitative estimate of drug-likeness (QED) is 0.718. The average Bonchev–Trinajstić information content (AvgIpc) is 2.21. The molecule has 0 aliphatic rings. The van der Waals surface area contributed by atoms with Crippen LogP contribution in [0.2, 0.25) is 0 Å². The molecule has 0 radical (unpaired) electrons. The third kappa shape index (κ3) is 3.86. The Morgan fingerprint density at radius 2 is 2.25 bits per heavy atom. The first kappa shape index (κ1) is 12.4. The Bertz CT molecular complexity index is 366. The van der Waals surface area contributed by atoms with Crippen molar-refractivity contribution < 1.29 is 9.53 Å². The van der Waals surface area contributed by atoms with Crippen molar-refractivity contribution in [3.63, 3.8) is 0 Å². The van der Waals surface area contributed by atoms with Crippen molar-refractivity contribution in [3.05, 3.63) is 23.5 Å². The molecular weight excluding hydrogens is 206 g/mol. The lowest BCUT2D eigenvalue weighted by Crippen LogP contribution is -2.15. The van der Waals surface area contributed by atoms with Gasteiger partial charge in [0.05, 0.1) is 18.7 Å². The van der Waals surface area contributed by atoms with E-state index in [-0.39, 0.29) is 18.9 Å². The van der Waals surface area contributed by atoms with Gasteiger partial charge in [-0.3, -0.25) is 9.78 Å². The molecule has 0 saturated carbocycles. The number of pyridine rings is 1. The van der Waals surface area contributed by atoms with E-state index in [2.05, 4.69) is 4.98 Å². The Morgan fingerprint density at radius 3 is 2.88 bits per heavy atom. The Balaban J connectivity index is 2.66. The number of carbonyl (C=O) groups excluding carboxylic acids is 1. The van der Waals surface area contributed by atoms with Crippen molar-refractivity contribution in [2.75, 3.05) is 13.2 Å². The molecule has 1 aromatic heterocycles. The van der Waals surface area contributed by atoms with E-state index in [0.717, 1.165) is 11.4 Å². The predicted molar refractivity (Wildman–Crippen MR) is 61.0 cm³/mol. The van der Waals surface area contributed by atoms with Gasteiger partial charge in [0.25, 0.3) is 0 Å². The zero-order valence-electron chi connectivity index (χ0n) is 9.40. The zero-order valence-corrected chi connectivity index (χ0v) is 9.40. The summed E-state index contributed by atoms with van der Waals surface area (Å²) in [6, 6.07) is 3.70. The number of aryl methyl sites for hydroxylation is 1. The van der Waals surface area contributed by atoms with Crippen molar-refractivity contribution in [2.24, 2.45) is 11.5 Å². The van der Waals surface area contributed by atoms with Crippen LogP contribution in [0.15, 0.2) is 12.1 Å². The number of ether oxygens (including phenoxy) is 1. The summed E-state index contributed by atoms with van der Waals surface area (Å²) < 4.78 is 5.44. The van der Waals surface area contributed by atoms with Crippen molar-refractivity contribution in [1.82, 2.24) is 4.98 Å². The third-order valence-electron chi connectivity index (χ3n) is 2.06. The molecule has 0 aromatic carbocycles. The largest absolute Gasteiger partial charge is 0.491 e. The lowest BCUT2D eigenvalue weighted by molar-refractivity contribution is -0.118. The van der Waals surface area contributed by atoms with Gasteiger partial charge in [-0.05, 0) is 25.6 Å². The summed E-state index contributed by atoms with van der Waals surface area (Å²) in [5.74, 6) is 0.303. The summed E-state index contributed by atoms with van der Waals surface area (Å²) in [4.78, 5) is 14.9. The number of carbonyl (C=O) groups is 1. The lowest BCUT2D eigenvalue weighted by atomic mass is 10.2. The molecule has 16 heavy (non-hydrogen) atoms. The van der Waals surface area contributed by atoms with Gasteiger partial charge in [-0.25, -0.2) is 0 Å². The van der Waals surface area contributed by atoms with E-state index in [9.17, 15) is 4.79 Å². The fraction of sp³-hybridized carbons (Fsp3) is 0.455. The Kier molecular flexibility index (Phi) is 4.72. The Hall–Kier alpha value is -1.62. The van der Waals surface area contributed by atoms with Crippen LogP contribution in [0.3, 0.4) is 0 Å². The van der Waals surface area contributed by atoms with Crippen LogP contribution < -0.4 is 16.2 Å². The van der Waals surface area contributed by atoms with Crippen LogP contribution in [-0.4, -0.2) is 24.0 Å². The van der Waals surface area contributed by atoms with Gasteiger partial charge in [-0.1, -0.05) is 0 Å². The molecule has 1 heterocycles. The fourth-order valence-corrected chi connectivity index (χ4v) is 1.31. The molecule has 0 unspecified atom stereocenters. The topological polar surface area (TPSA) is 91.2 Å². The van der Waals surface area contributed by atoms with Crippen LogP contribution in [-0.2, 0) is 11.2 Å². The van der Waals surface area contributed by atoms with Gasteiger partial charge in [0.1, 0.15) is 5.75 Å². The maximum Gasteiger partial charge on any atom is 0.220 e. The van der Waals surface area contributed by atoms with Crippen molar-refractivity contribution in [2.45, 2.75) is 19.8 Å². The Morgan fingerprint density at radius 1 is 1.50 bits per heavy atom. The smallest absolute Gasteiger partial charge is 0.220 e. The number of hydrogen-bond donors (Lipinski definition) is 2. The molecule has 0 saturated heterocycles. The molecular formula is C11H17N3O2. The number of nitrogens with two attached hydrogens (primary N) is 2. The second-order valence-electron chi connectivity index (χ2n) is 3.50. The standard InChI is InChI=1S/C11H17N3O2/c1-8-2-3-10(9(14-8)4-6-12)16-7-5-11(13)15/h2-3H,4-7,12H2,1H3,(H2,13,15). The molecule has 0 aliphatic heterocycles. The van der Waals surface area contributed by atoms with Crippen LogP contribution in [0.1, 0.15) is 17.8 Å². The van der Waals surface area contributed by atoms with Crippen molar-refractivity contribution >= 4 is 5.91 Å². The average molecular weight is 223 g/mol. The highest BCUT2D eigenvalue weighted by Gasteiger charge is 2.05. The van der Waals surface area contributed by atoms with Crippen LogP contribution in [0.25, 0.3) is 0 Å². The zero-order chi connectivity index (χ0) is 12.0. The highest BCUT2D eigenvalue weighted by atomic mass is 16.5. The molecule has 4 N–H and O–H groups in total. The fourth-order valence-electron chi connectivity index (χ4n) is 1.31. The lowest BCUT2D eigenvalue weighted by Gasteiger charge is -2.10. The number of aromatic nitrogens is 1. The first-order valence-corrected chi connectivity index (χ1v) is 5.21. The molecule has 5 heteroatoms. The van der Waals surface area contributed by atoms with Gasteiger partial charge in [0.2, 0.25) is 5.91 Å². The molecule has 0 aliphatic carbocycles. The predicted octanol–water partition coefficient (Wildman–Crippen LogP) is 0.145. The van der Waals surface area contributed by atoms with Crippen LogP contribution in [0, 0.1) is 6.92 Å². The summed E-state index contributed by atoms with van der Waals surface area (Å²) in [5.41, 5.74) is 12.3. The van der Waals surface area contributed by atoms with Gasteiger partial charge in [-0.15, -0.1) is 0 Å². The first-order valence-electron chi connectivity index (χ1n) is 5.21. The molecule has 0 fully saturated rings. The molecule has 0 bridgehead atoms. The highest BCUT2D eigenvalue weighted by molar-refractivity contribution is 5.73. The van der Waals surface area contributed by atoms with E-state index in [0.29, 0.717) is 18.7 Å². The molecule has 1 aromatic rings. The monoisotopic (exact) mass is 223 g/mol. The summed E-state index contributed by atoms with van der Waals surface area (Å²) in [5, 5.41) is 0. The normalized spacial score (nSPS) is 10.1. The maximum absolute atomic E-state index is 10.6. The highest BCUT2D eigenvalue weighted by Crippen LogP contribution is 2.17. The third-order valence-corrected chi connectivity index (χ3v) is 2.06. The van der Waals surface area contributed by atoms with E-state index in [1.54, 1.807) is 0 Å². The minimum atomic E-state index is -0.375. The summed E-state index contributed by atoms with van der Waals surface area (Å²) >= 11 is 0.